The number of likely N-dealkylation sites (tertiary alicyclic amines) is 1. The van der Waals surface area contributed by atoms with Crippen LogP contribution in [-0.4, -0.2) is 56.0 Å². The summed E-state index contributed by atoms with van der Waals surface area (Å²) in [6, 6.07) is 14.8. The molecule has 1 saturated heterocycles. The fourth-order valence-corrected chi connectivity index (χ4v) is 5.41. The number of methoxy groups -OCH3 is 1. The summed E-state index contributed by atoms with van der Waals surface area (Å²) < 4.78 is 17.3. The molecule has 0 spiro atoms. The second-order valence-electron chi connectivity index (χ2n) is 9.59. The number of rotatable bonds is 10. The molecule has 0 bridgehead atoms. The Balaban J connectivity index is 1.57. The van der Waals surface area contributed by atoms with Crippen molar-refractivity contribution < 1.29 is 19.0 Å². The zero-order valence-electron chi connectivity index (χ0n) is 20.2. The molecule has 1 aliphatic carbocycles. The van der Waals surface area contributed by atoms with Gasteiger partial charge in [-0.1, -0.05) is 35.9 Å². The third-order valence-electron chi connectivity index (χ3n) is 7.12. The van der Waals surface area contributed by atoms with E-state index in [1.807, 2.05) is 12.1 Å². The second kappa shape index (κ2) is 11.8. The number of carbonyl (C=O) groups is 1. The van der Waals surface area contributed by atoms with Gasteiger partial charge in [0.1, 0.15) is 0 Å². The van der Waals surface area contributed by atoms with E-state index in [4.69, 9.17) is 4.74 Å². The maximum atomic E-state index is 12.4. The normalized spacial score (nSPS) is 16.7. The number of nitrogens with zero attached hydrogens (tertiary/aromatic N) is 1. The van der Waals surface area contributed by atoms with Crippen LogP contribution in [0.3, 0.4) is 0 Å². The molecule has 2 aromatic rings. The van der Waals surface area contributed by atoms with E-state index in [-0.39, 0.29) is 19.3 Å². The van der Waals surface area contributed by atoms with Crippen molar-refractivity contribution in [1.29, 1.82) is 0 Å². The third kappa shape index (κ3) is 5.76. The Morgan fingerprint density at radius 1 is 1.12 bits per heavy atom. The first-order chi connectivity index (χ1) is 16.6. The van der Waals surface area contributed by atoms with Gasteiger partial charge in [-0.15, -0.1) is 0 Å². The largest absolute Gasteiger partial charge is 0.465 e. The molecule has 34 heavy (non-hydrogen) atoms. The van der Waals surface area contributed by atoms with Gasteiger partial charge in [-0.05, 0) is 90.8 Å². The van der Waals surface area contributed by atoms with Crippen LogP contribution in [0.5, 0.6) is 0 Å². The fraction of sp³-hybridized carbons (Fsp3) is 0.483. The van der Waals surface area contributed by atoms with E-state index in [0.29, 0.717) is 17.9 Å². The summed E-state index contributed by atoms with van der Waals surface area (Å²) in [6.07, 6.45) is 6.27. The van der Waals surface area contributed by atoms with Crippen LogP contribution in [0.2, 0.25) is 0 Å². The molecule has 4 nitrogen and oxygen atoms in total. The Kier molecular flexibility index (Phi) is 8.52. The smallest absolute Gasteiger partial charge is 0.337 e. The molecule has 182 valence electrons. The van der Waals surface area contributed by atoms with E-state index in [9.17, 15) is 14.3 Å². The molecule has 4 rings (SSSR count). The van der Waals surface area contributed by atoms with Crippen LogP contribution < -0.4 is 0 Å². The van der Waals surface area contributed by atoms with Gasteiger partial charge in [0.25, 0.3) is 0 Å². The number of carbonyl (C=O) groups excluding carboxylic acids is 1. The Bertz CT molecular complexity index is 1010. The van der Waals surface area contributed by atoms with E-state index in [1.165, 1.54) is 40.5 Å². The van der Waals surface area contributed by atoms with E-state index in [0.717, 1.165) is 58.2 Å². The predicted octanol–water partition coefficient (Wildman–Crippen LogP) is 5.22. The Morgan fingerprint density at radius 3 is 2.62 bits per heavy atom. The lowest BCUT2D eigenvalue weighted by molar-refractivity contribution is 0.0600. The van der Waals surface area contributed by atoms with Gasteiger partial charge >= 0.3 is 5.97 Å². The monoisotopic (exact) mass is 465 g/mol. The average molecular weight is 466 g/mol. The minimum Gasteiger partial charge on any atom is -0.465 e. The number of alkyl halides is 1. The number of hydrogen-bond acceptors (Lipinski definition) is 4. The van der Waals surface area contributed by atoms with Crippen LogP contribution in [0.4, 0.5) is 4.39 Å². The van der Waals surface area contributed by atoms with Gasteiger partial charge in [0, 0.05) is 26.2 Å². The van der Waals surface area contributed by atoms with Gasteiger partial charge in [-0.2, -0.15) is 0 Å². The van der Waals surface area contributed by atoms with Crippen LogP contribution in [-0.2, 0) is 17.6 Å². The Hall–Kier alpha value is -2.50. The van der Waals surface area contributed by atoms with Crippen molar-refractivity contribution in [2.24, 2.45) is 5.92 Å². The van der Waals surface area contributed by atoms with Gasteiger partial charge in [-0.25, -0.2) is 4.79 Å². The van der Waals surface area contributed by atoms with Crippen molar-refractivity contribution in [1.82, 2.24) is 4.90 Å². The molecule has 1 N–H and O–H groups in total. The molecule has 1 heterocycles. The van der Waals surface area contributed by atoms with Crippen LogP contribution in [0, 0.1) is 5.92 Å². The standard InChI is InChI=1S/C29H36FNO3/c1-34-29(33)26-12-13-27-25(18-26)6-2-5-23(7-3-16-32)28(27)24-10-8-21(9-11-24)17-22-19-31(20-22)15-4-14-30/h8-13,18,22,32H,2-7,14-17,19-20H2,1H3. The lowest BCUT2D eigenvalue weighted by Gasteiger charge is -2.39. The summed E-state index contributed by atoms with van der Waals surface area (Å²) in [4.78, 5) is 14.4. The number of aryl methyl sites for hydroxylation is 1. The lowest BCUT2D eigenvalue weighted by atomic mass is 9.87. The third-order valence-corrected chi connectivity index (χ3v) is 7.12. The van der Waals surface area contributed by atoms with Gasteiger partial charge in [0.05, 0.1) is 19.3 Å². The van der Waals surface area contributed by atoms with Crippen molar-refractivity contribution in [2.75, 3.05) is 40.0 Å². The summed E-state index contributed by atoms with van der Waals surface area (Å²) in [7, 11) is 1.42. The first kappa shape index (κ1) is 24.6. The molecule has 0 saturated carbocycles. The average Bonchev–Trinajstić information content (AvgIpc) is 3.02. The number of hydrogen-bond donors (Lipinski definition) is 1. The maximum Gasteiger partial charge on any atom is 0.337 e. The molecule has 0 amide bonds. The molecular formula is C29H36FNO3. The van der Waals surface area contributed by atoms with Crippen molar-refractivity contribution in [3.8, 4) is 0 Å². The first-order valence-electron chi connectivity index (χ1n) is 12.5. The van der Waals surface area contributed by atoms with E-state index in [2.05, 4.69) is 35.2 Å². The van der Waals surface area contributed by atoms with Gasteiger partial charge < -0.3 is 14.7 Å². The van der Waals surface area contributed by atoms with Crippen molar-refractivity contribution >= 4 is 11.5 Å². The highest BCUT2D eigenvalue weighted by Crippen LogP contribution is 2.37. The molecule has 0 aromatic heterocycles. The molecular weight excluding hydrogens is 429 g/mol. The van der Waals surface area contributed by atoms with Crippen LogP contribution in [0.15, 0.2) is 48.0 Å². The zero-order valence-corrected chi connectivity index (χ0v) is 20.2. The minimum absolute atomic E-state index is 0.188. The van der Waals surface area contributed by atoms with Gasteiger partial charge in [-0.3, -0.25) is 4.39 Å². The number of ether oxygens (including phenoxy) is 1. The first-order valence-corrected chi connectivity index (χ1v) is 12.5. The Morgan fingerprint density at radius 2 is 1.91 bits per heavy atom. The molecule has 2 aromatic carbocycles. The quantitative estimate of drug-likeness (QED) is 0.489. The number of aliphatic hydroxyl groups excluding tert-OH is 1. The number of fused-ring (bicyclic) bond motifs is 1. The molecule has 0 atom stereocenters. The highest BCUT2D eigenvalue weighted by atomic mass is 19.1. The molecule has 1 aliphatic heterocycles. The Labute approximate surface area is 202 Å². The highest BCUT2D eigenvalue weighted by Gasteiger charge is 2.26. The van der Waals surface area contributed by atoms with E-state index in [1.54, 1.807) is 0 Å². The zero-order chi connectivity index (χ0) is 23.9. The predicted molar refractivity (Wildman–Crippen MR) is 134 cm³/mol. The number of halogens is 1. The van der Waals surface area contributed by atoms with Gasteiger partial charge in [0.15, 0.2) is 0 Å². The molecule has 5 heteroatoms. The van der Waals surface area contributed by atoms with Crippen molar-refractivity contribution in [3.05, 3.63) is 75.9 Å². The molecule has 0 unspecified atom stereocenters. The van der Waals surface area contributed by atoms with E-state index >= 15 is 0 Å². The number of aliphatic hydroxyl groups is 1. The minimum atomic E-state index is -0.304. The fourth-order valence-electron chi connectivity index (χ4n) is 5.41. The summed E-state index contributed by atoms with van der Waals surface area (Å²) in [5.41, 5.74) is 8.14. The van der Waals surface area contributed by atoms with E-state index < -0.39 is 0 Å². The van der Waals surface area contributed by atoms with Crippen LogP contribution in [0.25, 0.3) is 5.57 Å². The molecule has 1 fully saturated rings. The summed E-state index contributed by atoms with van der Waals surface area (Å²) in [5.74, 6) is 0.349. The molecule has 2 aliphatic rings. The number of benzene rings is 2. The summed E-state index contributed by atoms with van der Waals surface area (Å²) in [6.45, 7) is 2.95. The van der Waals surface area contributed by atoms with Crippen molar-refractivity contribution in [2.45, 2.75) is 44.9 Å². The summed E-state index contributed by atoms with van der Waals surface area (Å²) in [5, 5.41) is 9.46. The maximum absolute atomic E-state index is 12.4. The van der Waals surface area contributed by atoms with Crippen LogP contribution >= 0.6 is 0 Å². The van der Waals surface area contributed by atoms with Crippen molar-refractivity contribution in [3.63, 3.8) is 0 Å². The molecule has 0 radical (unpaired) electrons. The van der Waals surface area contributed by atoms with Gasteiger partial charge in [0.2, 0.25) is 0 Å². The topological polar surface area (TPSA) is 49.8 Å². The SMILES string of the molecule is COC(=O)c1ccc2c(c1)CCCC(CCCO)=C2c1ccc(CC2CN(CCCF)C2)cc1. The van der Waals surface area contributed by atoms with Crippen LogP contribution in [0.1, 0.15) is 64.7 Å². The number of allylic oxidation sites excluding steroid dienone is 1. The highest BCUT2D eigenvalue weighted by molar-refractivity contribution is 5.91. The second-order valence-corrected chi connectivity index (χ2v) is 9.59. The summed E-state index contributed by atoms with van der Waals surface area (Å²) >= 11 is 0. The lowest BCUT2D eigenvalue weighted by Crippen LogP contribution is -2.47. The number of esters is 1.